The lowest BCUT2D eigenvalue weighted by Crippen LogP contribution is -2.65. The van der Waals surface area contributed by atoms with Crippen LogP contribution in [0.15, 0.2) is 48.5 Å². The number of nitriles is 1. The van der Waals surface area contributed by atoms with Gasteiger partial charge in [-0.15, -0.1) is 0 Å². The number of amides is 1. The van der Waals surface area contributed by atoms with E-state index in [9.17, 15) is 19.6 Å². The number of hydrogen-bond donors (Lipinski definition) is 1. The predicted octanol–water partition coefficient (Wildman–Crippen LogP) is 4.25. The molecule has 1 saturated carbocycles. The number of likely N-dealkylation sites (tertiary alicyclic amines) is 1. The molecule has 1 aliphatic heterocycles. The van der Waals surface area contributed by atoms with E-state index in [-0.39, 0.29) is 18.1 Å². The summed E-state index contributed by atoms with van der Waals surface area (Å²) in [5, 5.41) is 19.6. The highest BCUT2D eigenvalue weighted by atomic mass is 19.1. The van der Waals surface area contributed by atoms with Gasteiger partial charge in [0.2, 0.25) is 0 Å². The summed E-state index contributed by atoms with van der Waals surface area (Å²) in [5.41, 5.74) is 1.98. The van der Waals surface area contributed by atoms with Crippen LogP contribution in [0.4, 0.5) is 4.39 Å². The maximum atomic E-state index is 13.5. The Hall–Kier alpha value is -3.15. The summed E-state index contributed by atoms with van der Waals surface area (Å²) in [4.78, 5) is 14.2. The molecule has 0 aromatic heterocycles. The third-order valence-electron chi connectivity index (χ3n) is 6.36. The van der Waals surface area contributed by atoms with Crippen LogP contribution in [0, 0.1) is 34.9 Å². The van der Waals surface area contributed by atoms with Crippen molar-refractivity contribution in [1.29, 1.82) is 5.26 Å². The molecule has 1 N–H and O–H groups in total. The first kappa shape index (κ1) is 21.1. The fraction of sp³-hybridized carbons (Fsp3) is 0.385. The van der Waals surface area contributed by atoms with Gasteiger partial charge in [0.1, 0.15) is 11.9 Å². The van der Waals surface area contributed by atoms with Crippen LogP contribution in [0.1, 0.15) is 59.5 Å². The molecule has 4 nitrogen and oxygen atoms in total. The SMILES string of the molecule is N#C[C@H]1[C@@H](c2ccc(C#CC3CCCCC3)cc2)[C@@H](CO)N1C(=O)c1cccc(F)c1. The Labute approximate surface area is 182 Å². The van der Waals surface area contributed by atoms with Crippen LogP contribution < -0.4 is 0 Å². The number of halogens is 1. The molecule has 3 atom stereocenters. The Morgan fingerprint density at radius 1 is 1.13 bits per heavy atom. The van der Waals surface area contributed by atoms with Crippen molar-refractivity contribution in [1.82, 2.24) is 4.90 Å². The van der Waals surface area contributed by atoms with Crippen LogP contribution in [0.2, 0.25) is 0 Å². The van der Waals surface area contributed by atoms with E-state index in [4.69, 9.17) is 0 Å². The molecule has 158 valence electrons. The molecule has 0 unspecified atom stereocenters. The van der Waals surface area contributed by atoms with Gasteiger partial charge < -0.3 is 10.0 Å². The third-order valence-corrected chi connectivity index (χ3v) is 6.36. The molecule has 1 aliphatic carbocycles. The Morgan fingerprint density at radius 2 is 1.87 bits per heavy atom. The lowest BCUT2D eigenvalue weighted by atomic mass is 9.75. The van der Waals surface area contributed by atoms with Crippen LogP contribution in [0.3, 0.4) is 0 Å². The molecule has 2 fully saturated rings. The van der Waals surface area contributed by atoms with Gasteiger partial charge >= 0.3 is 0 Å². The van der Waals surface area contributed by atoms with E-state index in [0.717, 1.165) is 17.2 Å². The van der Waals surface area contributed by atoms with E-state index in [1.54, 1.807) is 0 Å². The van der Waals surface area contributed by atoms with Crippen molar-refractivity contribution in [3.8, 4) is 17.9 Å². The standard InChI is InChI=1S/C26H25FN2O2/c27-22-8-4-7-21(15-22)26(31)29-23(16-28)25(24(29)17-30)20-13-11-19(12-14-20)10-9-18-5-2-1-3-6-18/h4,7-8,11-15,18,23-25,30H,1-3,5-6,17H2/t23-,24+,25+/m0/s1. The van der Waals surface area contributed by atoms with Crippen molar-refractivity contribution in [3.05, 3.63) is 71.0 Å². The third kappa shape index (κ3) is 4.33. The largest absolute Gasteiger partial charge is 0.394 e. The Bertz CT molecular complexity index is 1040. The van der Waals surface area contributed by atoms with E-state index in [0.29, 0.717) is 5.92 Å². The fourth-order valence-electron chi connectivity index (χ4n) is 4.68. The van der Waals surface area contributed by atoms with Crippen LogP contribution in [-0.4, -0.2) is 34.6 Å². The molecule has 2 aromatic carbocycles. The molecule has 2 aliphatic rings. The highest BCUT2D eigenvalue weighted by Gasteiger charge is 2.51. The van der Waals surface area contributed by atoms with Crippen molar-refractivity contribution >= 4 is 5.91 Å². The quantitative estimate of drug-likeness (QED) is 0.761. The fourth-order valence-corrected chi connectivity index (χ4v) is 4.68. The normalized spacial score (nSPS) is 23.3. The molecule has 4 rings (SSSR count). The number of nitrogens with zero attached hydrogens (tertiary/aromatic N) is 2. The lowest BCUT2D eigenvalue weighted by Gasteiger charge is -2.51. The van der Waals surface area contributed by atoms with E-state index < -0.39 is 23.8 Å². The molecular weight excluding hydrogens is 391 g/mol. The summed E-state index contributed by atoms with van der Waals surface area (Å²) >= 11 is 0. The van der Waals surface area contributed by atoms with Gasteiger partial charge in [0.15, 0.2) is 0 Å². The molecule has 1 amide bonds. The number of hydrogen-bond acceptors (Lipinski definition) is 3. The predicted molar refractivity (Wildman–Crippen MR) is 115 cm³/mol. The highest BCUT2D eigenvalue weighted by molar-refractivity contribution is 5.95. The van der Waals surface area contributed by atoms with E-state index in [1.807, 2.05) is 24.3 Å². The second-order valence-electron chi connectivity index (χ2n) is 8.30. The van der Waals surface area contributed by atoms with Gasteiger partial charge in [-0.3, -0.25) is 4.79 Å². The molecule has 2 aromatic rings. The van der Waals surface area contributed by atoms with E-state index in [2.05, 4.69) is 17.9 Å². The van der Waals surface area contributed by atoms with Gasteiger partial charge in [-0.05, 0) is 48.7 Å². The average Bonchev–Trinajstić information content (AvgIpc) is 2.79. The van der Waals surface area contributed by atoms with Crippen molar-refractivity contribution in [2.75, 3.05) is 6.61 Å². The second-order valence-corrected chi connectivity index (χ2v) is 8.30. The van der Waals surface area contributed by atoms with Gasteiger partial charge in [0.05, 0.1) is 18.7 Å². The maximum absolute atomic E-state index is 13.5. The number of carbonyl (C=O) groups excluding carboxylic acids is 1. The Morgan fingerprint density at radius 3 is 2.52 bits per heavy atom. The smallest absolute Gasteiger partial charge is 0.255 e. The van der Waals surface area contributed by atoms with Gasteiger partial charge in [-0.25, -0.2) is 4.39 Å². The van der Waals surface area contributed by atoms with Gasteiger partial charge in [-0.2, -0.15) is 5.26 Å². The van der Waals surface area contributed by atoms with Gasteiger partial charge in [0, 0.05) is 23.0 Å². The average molecular weight is 416 g/mol. The zero-order valence-corrected chi connectivity index (χ0v) is 17.3. The van der Waals surface area contributed by atoms with Crippen molar-refractivity contribution in [2.24, 2.45) is 5.92 Å². The summed E-state index contributed by atoms with van der Waals surface area (Å²) in [5.74, 6) is 5.85. The topological polar surface area (TPSA) is 64.3 Å². The Balaban J connectivity index is 1.51. The first-order valence-electron chi connectivity index (χ1n) is 10.8. The summed E-state index contributed by atoms with van der Waals surface area (Å²) < 4.78 is 13.5. The second kappa shape index (κ2) is 9.33. The van der Waals surface area contributed by atoms with Crippen molar-refractivity contribution in [3.63, 3.8) is 0 Å². The number of carbonyl (C=O) groups is 1. The van der Waals surface area contributed by atoms with Crippen molar-refractivity contribution in [2.45, 2.75) is 50.1 Å². The molecule has 1 saturated heterocycles. The minimum atomic E-state index is -0.716. The molecular formula is C26H25FN2O2. The number of benzene rings is 2. The monoisotopic (exact) mass is 416 g/mol. The minimum absolute atomic E-state index is 0.172. The first-order valence-corrected chi connectivity index (χ1v) is 10.8. The van der Waals surface area contributed by atoms with Crippen LogP contribution in [-0.2, 0) is 0 Å². The van der Waals surface area contributed by atoms with E-state index >= 15 is 0 Å². The number of aliphatic hydroxyl groups excluding tert-OH is 1. The van der Waals surface area contributed by atoms with Crippen molar-refractivity contribution < 1.29 is 14.3 Å². The molecule has 1 heterocycles. The maximum Gasteiger partial charge on any atom is 0.255 e. The summed E-state index contributed by atoms with van der Waals surface area (Å²) in [6.07, 6.45) is 6.15. The molecule has 5 heteroatoms. The van der Waals surface area contributed by atoms with E-state index in [1.165, 1.54) is 55.2 Å². The van der Waals surface area contributed by atoms with Crippen LogP contribution >= 0.6 is 0 Å². The summed E-state index contributed by atoms with van der Waals surface area (Å²) in [6, 6.07) is 14.0. The number of aliphatic hydroxyl groups is 1. The molecule has 0 radical (unpaired) electrons. The first-order chi connectivity index (χ1) is 15.1. The highest BCUT2D eigenvalue weighted by Crippen LogP contribution is 2.41. The zero-order valence-electron chi connectivity index (χ0n) is 17.3. The van der Waals surface area contributed by atoms with Gasteiger partial charge in [-0.1, -0.05) is 49.3 Å². The minimum Gasteiger partial charge on any atom is -0.394 e. The van der Waals surface area contributed by atoms with Crippen LogP contribution in [0.5, 0.6) is 0 Å². The van der Waals surface area contributed by atoms with Crippen LogP contribution in [0.25, 0.3) is 0 Å². The molecule has 0 spiro atoms. The summed E-state index contributed by atoms with van der Waals surface area (Å²) in [7, 11) is 0. The van der Waals surface area contributed by atoms with Gasteiger partial charge in [0.25, 0.3) is 5.91 Å². The zero-order chi connectivity index (χ0) is 21.8. The lowest BCUT2D eigenvalue weighted by molar-refractivity contribution is -0.00588. The molecule has 0 bridgehead atoms. The molecule has 31 heavy (non-hydrogen) atoms. The Kier molecular flexibility index (Phi) is 6.35. The number of rotatable bonds is 3. The summed E-state index contributed by atoms with van der Waals surface area (Å²) in [6.45, 7) is -0.271.